The Balaban J connectivity index is 0.000000172. The van der Waals surface area contributed by atoms with Crippen LogP contribution >= 0.6 is 11.3 Å². The Hall–Kier alpha value is -1.91. The summed E-state index contributed by atoms with van der Waals surface area (Å²) in [5.74, 6) is 0.374. The van der Waals surface area contributed by atoms with Crippen molar-refractivity contribution in [2.75, 3.05) is 20.6 Å². The molecule has 1 N–H and O–H groups in total. The van der Waals surface area contributed by atoms with E-state index in [-0.39, 0.29) is 0 Å². The Morgan fingerprint density at radius 3 is 2.43 bits per heavy atom. The van der Waals surface area contributed by atoms with E-state index >= 15 is 0 Å². The van der Waals surface area contributed by atoms with E-state index in [0.29, 0.717) is 18.7 Å². The van der Waals surface area contributed by atoms with E-state index in [4.69, 9.17) is 0 Å². The van der Waals surface area contributed by atoms with Crippen molar-refractivity contribution in [3.8, 4) is 5.75 Å². The Labute approximate surface area is 140 Å². The summed E-state index contributed by atoms with van der Waals surface area (Å²) in [6.45, 7) is 0.495. The zero-order valence-corrected chi connectivity index (χ0v) is 14.3. The van der Waals surface area contributed by atoms with Gasteiger partial charge in [-0.25, -0.2) is 4.39 Å². The molecule has 0 spiro atoms. The van der Waals surface area contributed by atoms with Crippen molar-refractivity contribution in [2.45, 2.75) is 12.6 Å². The van der Waals surface area contributed by atoms with Crippen molar-refractivity contribution in [2.24, 2.45) is 0 Å². The molecule has 23 heavy (non-hydrogen) atoms. The minimum absolute atomic E-state index is 0.374. The lowest BCUT2D eigenvalue weighted by molar-refractivity contribution is 0.246. The molecule has 0 saturated heterocycles. The van der Waals surface area contributed by atoms with Crippen LogP contribution in [0.3, 0.4) is 0 Å². The first kappa shape index (κ1) is 17.4. The average Bonchev–Trinajstić information content (AvgIpc) is 2.98. The molecule has 2 aromatic carbocycles. The second kappa shape index (κ2) is 8.65. The fraction of sp³-hybridized carbons (Fsp3) is 0.263. The van der Waals surface area contributed by atoms with E-state index in [0.717, 1.165) is 15.6 Å². The summed E-state index contributed by atoms with van der Waals surface area (Å²) in [7, 11) is 3.77. The molecule has 0 aliphatic carbocycles. The van der Waals surface area contributed by atoms with Gasteiger partial charge in [0.25, 0.3) is 0 Å². The fourth-order valence-electron chi connectivity index (χ4n) is 2.31. The zero-order chi connectivity index (χ0) is 16.7. The number of aromatic hydroxyl groups is 1. The van der Waals surface area contributed by atoms with E-state index in [1.165, 1.54) is 0 Å². The Kier molecular flexibility index (Phi) is 6.56. The molecule has 0 amide bonds. The second-order valence-corrected chi connectivity index (χ2v) is 6.61. The first-order chi connectivity index (χ1) is 11.1. The number of alkyl halides is 1. The molecule has 1 aromatic heterocycles. The van der Waals surface area contributed by atoms with Crippen LogP contribution in [-0.2, 0) is 6.42 Å². The molecule has 3 aromatic rings. The third kappa shape index (κ3) is 5.66. The number of benzene rings is 2. The number of nitrogens with zero attached hydrogens (tertiary/aromatic N) is 1. The van der Waals surface area contributed by atoms with Gasteiger partial charge in [-0.2, -0.15) is 0 Å². The van der Waals surface area contributed by atoms with E-state index in [1.54, 1.807) is 17.4 Å². The summed E-state index contributed by atoms with van der Waals surface area (Å²) in [5.41, 5.74) is 1.07. The summed E-state index contributed by atoms with van der Waals surface area (Å²) in [4.78, 5) is 1.87. The summed E-state index contributed by atoms with van der Waals surface area (Å²) in [5, 5.41) is 12.2. The summed E-state index contributed by atoms with van der Waals surface area (Å²) in [6, 6.07) is 17.2. The number of thiophene rings is 1. The molecule has 0 aliphatic heterocycles. The molecule has 1 heterocycles. The largest absolute Gasteiger partial charge is 0.507 e. The predicted molar refractivity (Wildman–Crippen MR) is 97.1 cm³/mol. The topological polar surface area (TPSA) is 23.5 Å². The summed E-state index contributed by atoms with van der Waals surface area (Å²) < 4.78 is 14.4. The number of hydrogen-bond donors (Lipinski definition) is 1. The van der Waals surface area contributed by atoms with Gasteiger partial charge in [-0.1, -0.05) is 36.4 Å². The fourth-order valence-corrected chi connectivity index (χ4v) is 3.12. The lowest BCUT2D eigenvalue weighted by Gasteiger charge is -2.13. The molecule has 1 unspecified atom stereocenters. The lowest BCUT2D eigenvalue weighted by Crippen LogP contribution is -2.24. The number of phenols is 1. The van der Waals surface area contributed by atoms with Crippen molar-refractivity contribution < 1.29 is 9.50 Å². The lowest BCUT2D eigenvalue weighted by atomic mass is 10.1. The first-order valence-electron chi connectivity index (χ1n) is 7.54. The SMILES string of the molecule is CN(C)CC(F)Cc1ccccc1.Oc1cccc2sccc12. The normalized spacial score (nSPS) is 12.0. The van der Waals surface area contributed by atoms with Gasteiger partial charge in [-0.05, 0) is 43.2 Å². The van der Waals surface area contributed by atoms with Gasteiger partial charge in [0.15, 0.2) is 0 Å². The highest BCUT2D eigenvalue weighted by Gasteiger charge is 2.07. The molecule has 1 atom stereocenters. The molecule has 2 nitrogen and oxygen atoms in total. The van der Waals surface area contributed by atoms with E-state index in [2.05, 4.69) is 0 Å². The van der Waals surface area contributed by atoms with Crippen LogP contribution < -0.4 is 0 Å². The van der Waals surface area contributed by atoms with E-state index in [1.807, 2.05) is 72.9 Å². The maximum absolute atomic E-state index is 13.3. The highest BCUT2D eigenvalue weighted by Crippen LogP contribution is 2.27. The van der Waals surface area contributed by atoms with Gasteiger partial charge in [-0.15, -0.1) is 11.3 Å². The van der Waals surface area contributed by atoms with Crippen molar-refractivity contribution in [3.63, 3.8) is 0 Å². The van der Waals surface area contributed by atoms with Gasteiger partial charge in [-0.3, -0.25) is 0 Å². The molecule has 4 heteroatoms. The third-order valence-corrected chi connectivity index (χ3v) is 4.22. The van der Waals surface area contributed by atoms with E-state index in [9.17, 15) is 9.50 Å². The number of fused-ring (bicyclic) bond motifs is 1. The summed E-state index contributed by atoms with van der Waals surface area (Å²) >= 11 is 1.64. The molecule has 0 saturated carbocycles. The first-order valence-corrected chi connectivity index (χ1v) is 8.42. The van der Waals surface area contributed by atoms with Crippen molar-refractivity contribution in [3.05, 3.63) is 65.5 Å². The number of phenolic OH excluding ortho intramolecular Hbond substituents is 1. The third-order valence-electron chi connectivity index (χ3n) is 3.34. The highest BCUT2D eigenvalue weighted by atomic mass is 32.1. The van der Waals surface area contributed by atoms with Crippen molar-refractivity contribution in [1.29, 1.82) is 0 Å². The molecule has 122 valence electrons. The van der Waals surface area contributed by atoms with Crippen LogP contribution in [0.1, 0.15) is 5.56 Å². The predicted octanol–water partition coefficient (Wildman–Crippen LogP) is 4.74. The molecule has 0 radical (unpaired) electrons. The maximum Gasteiger partial charge on any atom is 0.124 e. The van der Waals surface area contributed by atoms with Gasteiger partial charge >= 0.3 is 0 Å². The molecular weight excluding hydrogens is 309 g/mol. The quantitative estimate of drug-likeness (QED) is 0.747. The van der Waals surface area contributed by atoms with Crippen LogP contribution in [0.2, 0.25) is 0 Å². The van der Waals surface area contributed by atoms with Crippen LogP contribution in [0.4, 0.5) is 4.39 Å². The highest BCUT2D eigenvalue weighted by molar-refractivity contribution is 7.17. The molecule has 3 rings (SSSR count). The molecular formula is C19H22FNOS. The Bertz CT molecular complexity index is 711. The standard InChI is InChI=1S/C11H16FN.C8H6OS/c1-13(2)9-11(12)8-10-6-4-3-5-7-10;9-7-2-1-3-8-6(7)4-5-10-8/h3-7,11H,8-9H2,1-2H3;1-5,9H. The van der Waals surface area contributed by atoms with Gasteiger partial charge in [0.2, 0.25) is 0 Å². The number of rotatable bonds is 4. The average molecular weight is 331 g/mol. The zero-order valence-electron chi connectivity index (χ0n) is 13.4. The summed E-state index contributed by atoms with van der Waals surface area (Å²) in [6.07, 6.45) is -0.253. The van der Waals surface area contributed by atoms with Gasteiger partial charge in [0.1, 0.15) is 11.9 Å². The Morgan fingerprint density at radius 2 is 1.78 bits per heavy atom. The van der Waals surface area contributed by atoms with Gasteiger partial charge < -0.3 is 10.0 Å². The van der Waals surface area contributed by atoms with Gasteiger partial charge in [0, 0.05) is 23.1 Å². The Morgan fingerprint density at radius 1 is 1.04 bits per heavy atom. The van der Waals surface area contributed by atoms with Crippen LogP contribution in [0.15, 0.2) is 60.0 Å². The van der Waals surface area contributed by atoms with Crippen LogP contribution in [0.5, 0.6) is 5.75 Å². The van der Waals surface area contributed by atoms with Crippen molar-refractivity contribution >= 4 is 21.4 Å². The minimum Gasteiger partial charge on any atom is -0.507 e. The van der Waals surface area contributed by atoms with Gasteiger partial charge in [0.05, 0.1) is 0 Å². The molecule has 0 aliphatic rings. The number of halogens is 1. The second-order valence-electron chi connectivity index (χ2n) is 5.66. The molecule has 0 fully saturated rings. The smallest absolute Gasteiger partial charge is 0.124 e. The van der Waals surface area contributed by atoms with Crippen LogP contribution in [0.25, 0.3) is 10.1 Å². The van der Waals surface area contributed by atoms with Crippen LogP contribution in [-0.4, -0.2) is 36.8 Å². The van der Waals surface area contributed by atoms with Crippen LogP contribution in [0, 0.1) is 0 Å². The maximum atomic E-state index is 13.3. The van der Waals surface area contributed by atoms with Crippen molar-refractivity contribution in [1.82, 2.24) is 4.90 Å². The monoisotopic (exact) mass is 331 g/mol. The molecule has 0 bridgehead atoms. The van der Waals surface area contributed by atoms with E-state index < -0.39 is 6.17 Å². The minimum atomic E-state index is -0.766. The number of hydrogen-bond acceptors (Lipinski definition) is 3.